The van der Waals surface area contributed by atoms with E-state index in [1.165, 1.54) is 0 Å². The summed E-state index contributed by atoms with van der Waals surface area (Å²) in [5, 5.41) is 5.51. The topological polar surface area (TPSA) is 84.2 Å². The normalized spacial score (nSPS) is 11.8. The van der Waals surface area contributed by atoms with Crippen LogP contribution in [0.1, 0.15) is 35.8 Å². The molecule has 0 radical (unpaired) electrons. The number of urea groups is 1. The molecule has 120 valence electrons. The van der Waals surface area contributed by atoms with Gasteiger partial charge in [0.05, 0.1) is 6.04 Å². The van der Waals surface area contributed by atoms with Gasteiger partial charge in [-0.25, -0.2) is 4.79 Å². The van der Waals surface area contributed by atoms with Crippen molar-refractivity contribution in [2.24, 2.45) is 11.7 Å². The van der Waals surface area contributed by atoms with E-state index in [1.807, 2.05) is 30.3 Å². The molecule has 5 heteroatoms. The molecule has 0 aliphatic heterocycles. The number of primary amides is 1. The van der Waals surface area contributed by atoms with Crippen molar-refractivity contribution < 1.29 is 9.59 Å². The smallest absolute Gasteiger partial charge is 0.316 e. The maximum atomic E-state index is 12.5. The highest BCUT2D eigenvalue weighted by Crippen LogP contribution is 2.22. The van der Waals surface area contributed by atoms with Gasteiger partial charge < -0.3 is 16.4 Å². The van der Waals surface area contributed by atoms with E-state index in [0.29, 0.717) is 11.3 Å². The van der Waals surface area contributed by atoms with Crippen molar-refractivity contribution in [3.8, 4) is 0 Å². The summed E-state index contributed by atoms with van der Waals surface area (Å²) >= 11 is 0. The molecule has 0 fully saturated rings. The number of hydrogen-bond acceptors (Lipinski definition) is 2. The van der Waals surface area contributed by atoms with Crippen molar-refractivity contribution in [1.82, 2.24) is 5.32 Å². The molecule has 5 nitrogen and oxygen atoms in total. The second-order valence-electron chi connectivity index (χ2n) is 5.68. The van der Waals surface area contributed by atoms with Gasteiger partial charge in [0.25, 0.3) is 5.91 Å². The Bertz CT molecular complexity index is 684. The Kier molecular flexibility index (Phi) is 5.36. The number of rotatable bonds is 5. The molecule has 23 heavy (non-hydrogen) atoms. The van der Waals surface area contributed by atoms with Crippen LogP contribution < -0.4 is 16.4 Å². The van der Waals surface area contributed by atoms with Crippen LogP contribution in [0, 0.1) is 5.92 Å². The number of carbonyl (C=O) groups excluding carboxylic acids is 2. The zero-order valence-electron chi connectivity index (χ0n) is 13.2. The Labute approximate surface area is 135 Å². The molecule has 2 rings (SSSR count). The number of benzene rings is 2. The summed E-state index contributed by atoms with van der Waals surface area (Å²) < 4.78 is 0. The highest BCUT2D eigenvalue weighted by Gasteiger charge is 2.19. The number of nitrogens with one attached hydrogen (secondary N) is 2. The van der Waals surface area contributed by atoms with Crippen molar-refractivity contribution in [2.45, 2.75) is 19.9 Å². The van der Waals surface area contributed by atoms with Gasteiger partial charge in [0, 0.05) is 11.3 Å². The lowest BCUT2D eigenvalue weighted by Gasteiger charge is -2.23. The minimum absolute atomic E-state index is 0.0866. The van der Waals surface area contributed by atoms with E-state index in [4.69, 9.17) is 5.73 Å². The van der Waals surface area contributed by atoms with Gasteiger partial charge in [-0.05, 0) is 29.7 Å². The molecule has 1 unspecified atom stereocenters. The average molecular weight is 311 g/mol. The van der Waals surface area contributed by atoms with Crippen molar-refractivity contribution in [2.75, 3.05) is 5.32 Å². The fraction of sp³-hybridized carbons (Fsp3) is 0.222. The Morgan fingerprint density at radius 3 is 2.30 bits per heavy atom. The minimum Gasteiger partial charge on any atom is -0.351 e. The van der Waals surface area contributed by atoms with Gasteiger partial charge in [0.1, 0.15) is 0 Å². The molecule has 2 aromatic rings. The van der Waals surface area contributed by atoms with Crippen LogP contribution in [-0.4, -0.2) is 11.9 Å². The second-order valence-corrected chi connectivity index (χ2v) is 5.68. The zero-order valence-corrected chi connectivity index (χ0v) is 13.2. The summed E-state index contributed by atoms with van der Waals surface area (Å²) in [6, 6.07) is 15.8. The summed E-state index contributed by atoms with van der Waals surface area (Å²) in [5.74, 6) is 0.0500. The van der Waals surface area contributed by atoms with Gasteiger partial charge in [-0.2, -0.15) is 0 Å². The molecule has 0 bridgehead atoms. The molecule has 0 saturated heterocycles. The van der Waals surface area contributed by atoms with Crippen molar-refractivity contribution in [3.05, 3.63) is 65.7 Å². The Balaban J connectivity index is 2.18. The first-order valence-electron chi connectivity index (χ1n) is 7.49. The van der Waals surface area contributed by atoms with E-state index in [-0.39, 0.29) is 17.9 Å². The summed E-state index contributed by atoms with van der Waals surface area (Å²) in [6.45, 7) is 4.12. The predicted molar refractivity (Wildman–Crippen MR) is 91.1 cm³/mol. The minimum atomic E-state index is -0.660. The van der Waals surface area contributed by atoms with E-state index >= 15 is 0 Å². The van der Waals surface area contributed by atoms with Crippen molar-refractivity contribution in [3.63, 3.8) is 0 Å². The monoisotopic (exact) mass is 311 g/mol. The predicted octanol–water partition coefficient (Wildman–Crippen LogP) is 3.30. The maximum Gasteiger partial charge on any atom is 0.316 e. The summed E-state index contributed by atoms with van der Waals surface area (Å²) in [4.78, 5) is 23.4. The molecule has 0 aromatic heterocycles. The van der Waals surface area contributed by atoms with E-state index in [2.05, 4.69) is 24.5 Å². The van der Waals surface area contributed by atoms with E-state index in [1.54, 1.807) is 24.3 Å². The van der Waals surface area contributed by atoms with Crippen molar-refractivity contribution >= 4 is 17.6 Å². The third kappa shape index (κ3) is 4.57. The summed E-state index contributed by atoms with van der Waals surface area (Å²) in [5.41, 5.74) is 7.12. The van der Waals surface area contributed by atoms with Gasteiger partial charge in [-0.15, -0.1) is 0 Å². The third-order valence-corrected chi connectivity index (χ3v) is 3.50. The number of anilines is 1. The van der Waals surface area contributed by atoms with Crippen LogP contribution in [0.3, 0.4) is 0 Å². The molecule has 3 amide bonds. The summed E-state index contributed by atoms with van der Waals surface area (Å²) in [6.07, 6.45) is 0. The van der Waals surface area contributed by atoms with Crippen LogP contribution in [0.5, 0.6) is 0 Å². The highest BCUT2D eigenvalue weighted by atomic mass is 16.2. The number of hydrogen-bond donors (Lipinski definition) is 3. The van der Waals surface area contributed by atoms with Crippen LogP contribution >= 0.6 is 0 Å². The quantitative estimate of drug-likeness (QED) is 0.791. The number of amides is 3. The van der Waals surface area contributed by atoms with Crippen LogP contribution in [0.25, 0.3) is 0 Å². The highest BCUT2D eigenvalue weighted by molar-refractivity contribution is 5.96. The molecule has 1 atom stereocenters. The first-order chi connectivity index (χ1) is 11.0. The van der Waals surface area contributed by atoms with Gasteiger partial charge in [0.15, 0.2) is 0 Å². The van der Waals surface area contributed by atoms with E-state index < -0.39 is 6.03 Å². The number of carbonyl (C=O) groups is 2. The first-order valence-corrected chi connectivity index (χ1v) is 7.49. The molecule has 0 saturated carbocycles. The first kappa shape index (κ1) is 16.5. The van der Waals surface area contributed by atoms with Crippen LogP contribution in [0.2, 0.25) is 0 Å². The molecule has 0 aliphatic carbocycles. The van der Waals surface area contributed by atoms with Crippen LogP contribution in [-0.2, 0) is 0 Å². The van der Waals surface area contributed by atoms with Gasteiger partial charge >= 0.3 is 6.03 Å². The second kappa shape index (κ2) is 7.45. The van der Waals surface area contributed by atoms with Crippen LogP contribution in [0.4, 0.5) is 10.5 Å². The SMILES string of the molecule is CC(C)C(NC(=O)c1cccc(NC(N)=O)c1)c1ccccc1. The third-order valence-electron chi connectivity index (χ3n) is 3.50. The lowest BCUT2D eigenvalue weighted by atomic mass is 9.95. The molecular weight excluding hydrogens is 290 g/mol. The molecule has 0 aliphatic rings. The molecule has 0 spiro atoms. The average Bonchev–Trinajstić information content (AvgIpc) is 2.52. The summed E-state index contributed by atoms with van der Waals surface area (Å²) in [7, 11) is 0. The standard InChI is InChI=1S/C18H21N3O2/c1-12(2)16(13-7-4-3-5-8-13)21-17(22)14-9-6-10-15(11-14)20-18(19)23/h3-12,16H,1-2H3,(H,21,22)(H3,19,20,23). The largest absolute Gasteiger partial charge is 0.351 e. The molecule has 2 aromatic carbocycles. The van der Waals surface area contributed by atoms with Crippen molar-refractivity contribution in [1.29, 1.82) is 0 Å². The van der Waals surface area contributed by atoms with E-state index in [0.717, 1.165) is 5.56 Å². The fourth-order valence-corrected chi connectivity index (χ4v) is 2.40. The zero-order chi connectivity index (χ0) is 16.8. The van der Waals surface area contributed by atoms with E-state index in [9.17, 15) is 9.59 Å². The Morgan fingerprint density at radius 2 is 1.70 bits per heavy atom. The lowest BCUT2D eigenvalue weighted by Crippen LogP contribution is -2.31. The Morgan fingerprint density at radius 1 is 1.00 bits per heavy atom. The van der Waals surface area contributed by atoms with Gasteiger partial charge in [-0.1, -0.05) is 50.2 Å². The molecule has 4 N–H and O–H groups in total. The van der Waals surface area contributed by atoms with Gasteiger partial charge in [-0.3, -0.25) is 4.79 Å². The Hall–Kier alpha value is -2.82. The van der Waals surface area contributed by atoms with Gasteiger partial charge in [0.2, 0.25) is 0 Å². The number of nitrogens with two attached hydrogens (primary N) is 1. The fourth-order valence-electron chi connectivity index (χ4n) is 2.40. The van der Waals surface area contributed by atoms with Crippen LogP contribution in [0.15, 0.2) is 54.6 Å². The lowest BCUT2D eigenvalue weighted by molar-refractivity contribution is 0.0925. The molecular formula is C18H21N3O2. The molecule has 0 heterocycles. The maximum absolute atomic E-state index is 12.5.